The minimum atomic E-state index is -0.916. The molecule has 2 aromatic heterocycles. The van der Waals surface area contributed by atoms with Gasteiger partial charge < -0.3 is 5.11 Å². The van der Waals surface area contributed by atoms with Crippen LogP contribution in [-0.2, 0) is 6.42 Å². The second-order valence-corrected chi connectivity index (χ2v) is 8.33. The Bertz CT molecular complexity index is 1080. The fraction of sp³-hybridized carbons (Fsp3) is 0.308. The zero-order chi connectivity index (χ0) is 20.4. The largest absolute Gasteiger partial charge is 0.376 e. The second-order valence-electron chi connectivity index (χ2n) is 8.33. The predicted molar refractivity (Wildman–Crippen MR) is 118 cm³/mol. The lowest BCUT2D eigenvalue weighted by atomic mass is 9.75. The van der Waals surface area contributed by atoms with Crippen molar-refractivity contribution in [3.63, 3.8) is 0 Å². The van der Waals surface area contributed by atoms with Crippen LogP contribution in [0.15, 0.2) is 67.0 Å². The van der Waals surface area contributed by atoms with E-state index >= 15 is 0 Å². The summed E-state index contributed by atoms with van der Waals surface area (Å²) in [6, 6.07) is 18.3. The lowest BCUT2D eigenvalue weighted by Gasteiger charge is -2.47. The van der Waals surface area contributed by atoms with Gasteiger partial charge in [0.15, 0.2) is 0 Å². The van der Waals surface area contributed by atoms with Crippen LogP contribution in [0.1, 0.15) is 29.5 Å². The Balaban J connectivity index is 1.51. The fourth-order valence-electron chi connectivity index (χ4n) is 4.58. The molecule has 0 saturated carbocycles. The topological polar surface area (TPSA) is 49.3 Å². The average molecular weight is 396 g/mol. The Kier molecular flexibility index (Phi) is 5.08. The quantitative estimate of drug-likeness (QED) is 0.689. The second kappa shape index (κ2) is 8.02. The van der Waals surface area contributed by atoms with E-state index in [1.165, 1.54) is 5.56 Å². The molecule has 4 heteroatoms. The summed E-state index contributed by atoms with van der Waals surface area (Å²) in [5, 5.41) is 11.2. The summed E-state index contributed by atoms with van der Waals surface area (Å²) in [7, 11) is 0. The van der Waals surface area contributed by atoms with Crippen LogP contribution >= 0.6 is 0 Å². The van der Waals surface area contributed by atoms with Crippen LogP contribution in [0.2, 0.25) is 0 Å². The van der Waals surface area contributed by atoms with Gasteiger partial charge in [-0.1, -0.05) is 48.2 Å². The number of aromatic nitrogens is 2. The lowest BCUT2D eigenvalue weighted by Crippen LogP contribution is -2.58. The average Bonchev–Trinajstić information content (AvgIpc) is 2.80. The van der Waals surface area contributed by atoms with Crippen LogP contribution in [0, 0.1) is 17.8 Å². The molecule has 3 aliphatic heterocycles. The first-order valence-electron chi connectivity index (χ1n) is 10.6. The van der Waals surface area contributed by atoms with Gasteiger partial charge in [-0.3, -0.25) is 14.9 Å². The molecule has 0 radical (unpaired) electrons. The van der Waals surface area contributed by atoms with E-state index in [1.807, 2.05) is 30.5 Å². The molecule has 4 nitrogen and oxygen atoms in total. The highest BCUT2D eigenvalue weighted by Gasteiger charge is 2.44. The molecule has 5 heterocycles. The summed E-state index contributed by atoms with van der Waals surface area (Å²) >= 11 is 0. The molecule has 3 fully saturated rings. The number of nitrogens with zero attached hydrogens (tertiary/aromatic N) is 3. The van der Waals surface area contributed by atoms with Crippen LogP contribution < -0.4 is 0 Å². The molecule has 1 N–H and O–H groups in total. The SMILES string of the molecule is O[C@]1(C#Cc2cnc(-c3ccccn3)cc2Cc2ccccc2)CN2CCC1CC2. The van der Waals surface area contributed by atoms with Crippen LogP contribution in [-0.4, -0.2) is 45.2 Å². The zero-order valence-corrected chi connectivity index (χ0v) is 17.0. The normalized spacial score (nSPS) is 24.8. The van der Waals surface area contributed by atoms with E-state index in [0.29, 0.717) is 6.54 Å². The minimum absolute atomic E-state index is 0.272. The Morgan fingerprint density at radius 2 is 1.80 bits per heavy atom. The van der Waals surface area contributed by atoms with Crippen molar-refractivity contribution in [2.75, 3.05) is 19.6 Å². The van der Waals surface area contributed by atoms with E-state index in [0.717, 1.165) is 54.9 Å². The number of rotatable bonds is 3. The summed E-state index contributed by atoms with van der Waals surface area (Å²) in [5.74, 6) is 6.81. The van der Waals surface area contributed by atoms with Crippen molar-refractivity contribution in [2.45, 2.75) is 24.9 Å². The maximum absolute atomic E-state index is 11.2. The van der Waals surface area contributed by atoms with Gasteiger partial charge >= 0.3 is 0 Å². The van der Waals surface area contributed by atoms with E-state index in [-0.39, 0.29) is 5.92 Å². The smallest absolute Gasteiger partial charge is 0.141 e. The Morgan fingerprint density at radius 1 is 1.00 bits per heavy atom. The molecule has 0 aliphatic carbocycles. The van der Waals surface area contributed by atoms with Gasteiger partial charge in [-0.15, -0.1) is 0 Å². The van der Waals surface area contributed by atoms with E-state index in [2.05, 4.69) is 57.0 Å². The van der Waals surface area contributed by atoms with Gasteiger partial charge in [-0.05, 0) is 61.7 Å². The maximum Gasteiger partial charge on any atom is 0.141 e. The fourth-order valence-corrected chi connectivity index (χ4v) is 4.58. The van der Waals surface area contributed by atoms with Gasteiger partial charge in [0, 0.05) is 30.4 Å². The molecule has 3 saturated heterocycles. The highest BCUT2D eigenvalue weighted by atomic mass is 16.3. The number of piperidine rings is 3. The van der Waals surface area contributed by atoms with Crippen molar-refractivity contribution in [2.24, 2.45) is 5.92 Å². The molecule has 0 amide bonds. The molecule has 1 atom stereocenters. The van der Waals surface area contributed by atoms with E-state index in [4.69, 9.17) is 0 Å². The molecule has 30 heavy (non-hydrogen) atoms. The molecule has 3 aromatic rings. The van der Waals surface area contributed by atoms with Gasteiger partial charge in [0.05, 0.1) is 11.4 Å². The third-order valence-corrected chi connectivity index (χ3v) is 6.30. The first-order valence-corrected chi connectivity index (χ1v) is 10.6. The molecular weight excluding hydrogens is 370 g/mol. The number of aliphatic hydroxyl groups is 1. The van der Waals surface area contributed by atoms with Crippen LogP contribution in [0.5, 0.6) is 0 Å². The molecule has 150 valence electrons. The van der Waals surface area contributed by atoms with Gasteiger partial charge in [0.2, 0.25) is 0 Å². The van der Waals surface area contributed by atoms with Crippen molar-refractivity contribution in [3.8, 4) is 23.2 Å². The van der Waals surface area contributed by atoms with Gasteiger partial charge in [-0.2, -0.15) is 0 Å². The monoisotopic (exact) mass is 395 g/mol. The van der Waals surface area contributed by atoms with E-state index in [1.54, 1.807) is 6.20 Å². The number of benzene rings is 1. The molecule has 3 aliphatic rings. The van der Waals surface area contributed by atoms with Crippen LogP contribution in [0.4, 0.5) is 0 Å². The van der Waals surface area contributed by atoms with Gasteiger partial charge in [0.25, 0.3) is 0 Å². The highest BCUT2D eigenvalue weighted by molar-refractivity contribution is 5.58. The molecule has 0 spiro atoms. The molecule has 1 aromatic carbocycles. The maximum atomic E-state index is 11.2. The molecule has 2 bridgehead atoms. The summed E-state index contributed by atoms with van der Waals surface area (Å²) in [4.78, 5) is 11.4. The highest BCUT2D eigenvalue weighted by Crippen LogP contribution is 2.35. The number of pyridine rings is 2. The Hall–Kier alpha value is -3.00. The van der Waals surface area contributed by atoms with Crippen molar-refractivity contribution < 1.29 is 5.11 Å². The third-order valence-electron chi connectivity index (χ3n) is 6.30. The lowest BCUT2D eigenvalue weighted by molar-refractivity contribution is -0.0713. The molecular formula is C26H25N3O. The molecule has 6 rings (SSSR count). The van der Waals surface area contributed by atoms with Gasteiger partial charge in [0.1, 0.15) is 5.60 Å². The number of fused-ring (bicyclic) bond motifs is 3. The zero-order valence-electron chi connectivity index (χ0n) is 17.0. The first-order chi connectivity index (χ1) is 14.7. The van der Waals surface area contributed by atoms with Crippen LogP contribution in [0.25, 0.3) is 11.4 Å². The summed E-state index contributed by atoms with van der Waals surface area (Å²) in [6.45, 7) is 2.81. The standard InChI is InChI=1S/C26H25N3O/c30-26(19-29-14-10-23(26)11-15-29)12-9-21-18-28-25(24-8-4-5-13-27-24)17-22(21)16-20-6-2-1-3-7-20/h1-8,13,17-18,23,30H,10-11,14-16,19H2/t26-/m1/s1. The number of hydrogen-bond acceptors (Lipinski definition) is 4. The third kappa shape index (κ3) is 3.87. The van der Waals surface area contributed by atoms with Crippen molar-refractivity contribution in [1.29, 1.82) is 0 Å². The van der Waals surface area contributed by atoms with Crippen molar-refractivity contribution >= 4 is 0 Å². The van der Waals surface area contributed by atoms with Crippen LogP contribution in [0.3, 0.4) is 0 Å². The Morgan fingerprint density at radius 3 is 2.50 bits per heavy atom. The Labute approximate surface area is 177 Å². The minimum Gasteiger partial charge on any atom is -0.376 e. The van der Waals surface area contributed by atoms with E-state index in [9.17, 15) is 5.11 Å². The van der Waals surface area contributed by atoms with Crippen molar-refractivity contribution in [3.05, 3.63) is 83.7 Å². The summed E-state index contributed by atoms with van der Waals surface area (Å²) in [5.41, 5.74) is 3.98. The summed E-state index contributed by atoms with van der Waals surface area (Å²) in [6.07, 6.45) is 6.43. The van der Waals surface area contributed by atoms with Gasteiger partial charge in [-0.25, -0.2) is 0 Å². The summed E-state index contributed by atoms with van der Waals surface area (Å²) < 4.78 is 0. The van der Waals surface area contributed by atoms with E-state index < -0.39 is 5.60 Å². The first kappa shape index (κ1) is 19.0. The number of hydrogen-bond donors (Lipinski definition) is 1. The van der Waals surface area contributed by atoms with Crippen molar-refractivity contribution in [1.82, 2.24) is 14.9 Å². The predicted octanol–water partition coefficient (Wildman–Crippen LogP) is 3.54. The molecule has 0 unspecified atom stereocenters.